The molecular weight excluding hydrogens is 473 g/mol. The molecule has 0 bridgehead atoms. The Hall–Kier alpha value is -0.220. The molecule has 0 fully saturated rings. The number of hydrazone groups is 2. The first-order valence-electron chi connectivity index (χ1n) is 10.1. The summed E-state index contributed by atoms with van der Waals surface area (Å²) in [5.41, 5.74) is 0. The first-order chi connectivity index (χ1) is 14.8. The van der Waals surface area contributed by atoms with Crippen LogP contribution in [0.3, 0.4) is 0 Å². The quantitative estimate of drug-likeness (QED) is 0.0737. The fourth-order valence-electron chi connectivity index (χ4n) is 2.05. The summed E-state index contributed by atoms with van der Waals surface area (Å²) in [6.07, 6.45) is 1.19. The monoisotopic (exact) mass is 514 g/mol. The largest absolute Gasteiger partial charge is 0.321 e. The van der Waals surface area contributed by atoms with Gasteiger partial charge in [-0.1, -0.05) is 23.5 Å². The number of hydrazine groups is 2. The van der Waals surface area contributed by atoms with Crippen LogP contribution in [-0.2, 0) is 0 Å². The lowest BCUT2D eigenvalue weighted by Gasteiger charge is -2.21. The first kappa shape index (κ1) is 30.8. The Morgan fingerprint density at radius 1 is 0.613 bits per heavy atom. The van der Waals surface area contributed by atoms with E-state index in [0.717, 1.165) is 47.6 Å². The lowest BCUT2D eigenvalue weighted by Crippen LogP contribution is -2.41. The van der Waals surface area contributed by atoms with Crippen LogP contribution in [0.15, 0.2) is 10.2 Å². The highest BCUT2D eigenvalue weighted by molar-refractivity contribution is 8.14. The Morgan fingerprint density at radius 3 is 1.32 bits per heavy atom. The average Bonchev–Trinajstić information content (AvgIpc) is 2.73. The number of nitrogens with zero attached hydrogens (tertiary/aromatic N) is 6. The van der Waals surface area contributed by atoms with Gasteiger partial charge in [0.25, 0.3) is 0 Å². The Balaban J connectivity index is 3.67. The third-order valence-electron chi connectivity index (χ3n) is 3.78. The van der Waals surface area contributed by atoms with Crippen LogP contribution >= 0.6 is 47.0 Å². The third kappa shape index (κ3) is 18.0. The summed E-state index contributed by atoms with van der Waals surface area (Å²) in [5.74, 6) is 29.3. The molecule has 0 aliphatic heterocycles. The van der Waals surface area contributed by atoms with Gasteiger partial charge in [0.2, 0.25) is 0 Å². The van der Waals surface area contributed by atoms with Crippen molar-refractivity contribution in [3.63, 3.8) is 0 Å². The second-order valence-corrected chi connectivity index (χ2v) is 11.7. The maximum Gasteiger partial charge on any atom is 0.196 e. The van der Waals surface area contributed by atoms with Crippen molar-refractivity contribution in [1.29, 1.82) is 0 Å². The van der Waals surface area contributed by atoms with Gasteiger partial charge in [-0.05, 0) is 46.1 Å². The van der Waals surface area contributed by atoms with Gasteiger partial charge in [0.05, 0.1) is 0 Å². The van der Waals surface area contributed by atoms with Gasteiger partial charge >= 0.3 is 0 Å². The Kier molecular flexibility index (Phi) is 20.2. The highest BCUT2D eigenvalue weighted by Crippen LogP contribution is 2.14. The number of nitrogens with two attached hydrogens (primary N) is 4. The molecule has 14 heteroatoms. The summed E-state index contributed by atoms with van der Waals surface area (Å²) in [4.78, 5) is 4.16. The summed E-state index contributed by atoms with van der Waals surface area (Å²) in [5, 5.41) is 12.2. The number of thioether (sulfide) groups is 4. The molecule has 0 aromatic rings. The van der Waals surface area contributed by atoms with Crippen LogP contribution in [0.2, 0.25) is 0 Å². The number of hydrogen-bond donors (Lipinski definition) is 4. The Labute approximate surface area is 205 Å². The van der Waals surface area contributed by atoms with E-state index >= 15 is 0 Å². The zero-order valence-corrected chi connectivity index (χ0v) is 22.7. The Bertz CT molecular complexity index is 452. The second kappa shape index (κ2) is 20.4. The minimum atomic E-state index is 0.689. The van der Waals surface area contributed by atoms with Crippen molar-refractivity contribution in [2.24, 2.45) is 33.6 Å². The topological polar surface area (TPSA) is 142 Å². The van der Waals surface area contributed by atoms with Gasteiger partial charge < -0.3 is 21.5 Å². The second-order valence-electron chi connectivity index (χ2n) is 7.09. The van der Waals surface area contributed by atoms with E-state index in [-0.39, 0.29) is 0 Å². The molecule has 8 N–H and O–H groups in total. The Morgan fingerprint density at radius 2 is 1.00 bits per heavy atom. The van der Waals surface area contributed by atoms with Crippen molar-refractivity contribution in [3.05, 3.63) is 0 Å². The van der Waals surface area contributed by atoms with E-state index in [9.17, 15) is 0 Å². The molecule has 0 saturated heterocycles. The molecule has 0 rings (SSSR count). The molecule has 31 heavy (non-hydrogen) atoms. The normalized spacial score (nSPS) is 12.8. The van der Waals surface area contributed by atoms with Crippen molar-refractivity contribution in [3.8, 4) is 0 Å². The average molecular weight is 515 g/mol. The summed E-state index contributed by atoms with van der Waals surface area (Å²) < 4.78 is 0. The third-order valence-corrected chi connectivity index (χ3v) is 8.45. The molecule has 0 aliphatic rings. The van der Waals surface area contributed by atoms with Gasteiger partial charge in [0.15, 0.2) is 10.3 Å². The molecule has 0 spiro atoms. The molecule has 0 atom stereocenters. The zero-order valence-electron chi connectivity index (χ0n) is 19.4. The predicted molar refractivity (Wildman–Crippen MR) is 146 cm³/mol. The first-order valence-corrected chi connectivity index (χ1v) is 14.4. The SMILES string of the molecule is CN(C)CCN(N)/C(=N\N)SCCSCCCSCCS/C(=N/N)N(N)CCN(C)C. The lowest BCUT2D eigenvalue weighted by atomic mass is 10.6. The molecule has 0 amide bonds. The molecule has 184 valence electrons. The highest BCUT2D eigenvalue weighted by atomic mass is 32.2. The van der Waals surface area contributed by atoms with Crippen LogP contribution in [0.25, 0.3) is 0 Å². The molecule has 0 unspecified atom stereocenters. The van der Waals surface area contributed by atoms with Crippen LogP contribution in [0, 0.1) is 0 Å². The molecule has 0 aromatic heterocycles. The highest BCUT2D eigenvalue weighted by Gasteiger charge is 2.09. The number of rotatable bonds is 16. The van der Waals surface area contributed by atoms with E-state index in [1.54, 1.807) is 33.5 Å². The van der Waals surface area contributed by atoms with Crippen molar-refractivity contribution >= 4 is 57.4 Å². The maximum absolute atomic E-state index is 6.01. The van der Waals surface area contributed by atoms with E-state index in [1.165, 1.54) is 6.42 Å². The van der Waals surface area contributed by atoms with Crippen molar-refractivity contribution in [2.75, 3.05) is 88.9 Å². The maximum atomic E-state index is 6.01. The summed E-state index contributed by atoms with van der Waals surface area (Å²) in [6.45, 7) is 3.14. The number of amidine groups is 2. The number of likely N-dealkylation sites (N-methyl/N-ethyl adjacent to an activating group) is 2. The minimum absolute atomic E-state index is 0.689. The van der Waals surface area contributed by atoms with Gasteiger partial charge in [-0.3, -0.25) is 10.0 Å². The van der Waals surface area contributed by atoms with Crippen LogP contribution in [0.5, 0.6) is 0 Å². The minimum Gasteiger partial charge on any atom is -0.321 e. The molecule has 10 nitrogen and oxygen atoms in total. The van der Waals surface area contributed by atoms with Gasteiger partial charge in [0, 0.05) is 49.2 Å². The van der Waals surface area contributed by atoms with Crippen molar-refractivity contribution in [1.82, 2.24) is 19.8 Å². The molecule has 0 saturated carbocycles. The standard InChI is InChI=1S/C17H42N10S4/c1-24(2)6-8-26(20)16(22-18)30-14-12-28-10-5-11-29-13-15-31-17(23-19)27(21)9-7-25(3)4/h5-15,18-21H2,1-4H3/b22-16+,23-17+. The zero-order chi connectivity index (χ0) is 23.5. The van der Waals surface area contributed by atoms with E-state index in [1.807, 2.05) is 51.7 Å². The van der Waals surface area contributed by atoms with E-state index in [2.05, 4.69) is 20.0 Å². The van der Waals surface area contributed by atoms with Gasteiger partial charge in [-0.15, -0.1) is 0 Å². The summed E-state index contributed by atoms with van der Waals surface area (Å²) in [7, 11) is 8.06. The van der Waals surface area contributed by atoms with Gasteiger partial charge in [0.1, 0.15) is 0 Å². The van der Waals surface area contributed by atoms with E-state index in [4.69, 9.17) is 23.4 Å². The molecule has 0 aliphatic carbocycles. The smallest absolute Gasteiger partial charge is 0.196 e. The summed E-state index contributed by atoms with van der Waals surface area (Å²) in [6, 6.07) is 0. The van der Waals surface area contributed by atoms with Gasteiger partial charge in [-0.2, -0.15) is 33.7 Å². The predicted octanol–water partition coefficient (Wildman–Crippen LogP) is 0.243. The fourth-order valence-corrected chi connectivity index (χ4v) is 5.97. The molecule has 0 aromatic carbocycles. The molecular formula is C17H42N10S4. The van der Waals surface area contributed by atoms with Gasteiger partial charge in [-0.25, -0.2) is 11.7 Å². The number of hydrogen-bond acceptors (Lipinski definition) is 12. The van der Waals surface area contributed by atoms with Crippen LogP contribution < -0.4 is 23.4 Å². The van der Waals surface area contributed by atoms with E-state index in [0.29, 0.717) is 23.4 Å². The summed E-state index contributed by atoms with van der Waals surface area (Å²) >= 11 is 7.13. The van der Waals surface area contributed by atoms with Crippen LogP contribution in [-0.4, -0.2) is 119 Å². The molecule has 0 heterocycles. The lowest BCUT2D eigenvalue weighted by molar-refractivity contribution is 0.338. The van der Waals surface area contributed by atoms with Crippen molar-refractivity contribution < 1.29 is 0 Å². The van der Waals surface area contributed by atoms with Crippen molar-refractivity contribution in [2.45, 2.75) is 6.42 Å². The van der Waals surface area contributed by atoms with Crippen LogP contribution in [0.4, 0.5) is 0 Å². The fraction of sp³-hybridized carbons (Fsp3) is 0.882. The molecule has 0 radical (unpaired) electrons. The van der Waals surface area contributed by atoms with Crippen LogP contribution in [0.1, 0.15) is 6.42 Å². The van der Waals surface area contributed by atoms with E-state index < -0.39 is 0 Å².